The number of carbonyl (C=O) groups is 2. The number of anilines is 1. The highest BCUT2D eigenvalue weighted by Crippen LogP contribution is 2.17. The Kier molecular flexibility index (Phi) is 5.50. The molecular formula is C17H15BrFNO3. The van der Waals surface area contributed by atoms with E-state index < -0.39 is 24.3 Å². The highest BCUT2D eigenvalue weighted by molar-refractivity contribution is 9.10. The summed E-state index contributed by atoms with van der Waals surface area (Å²) in [6.07, 6.45) is 0. The Morgan fingerprint density at radius 1 is 1.13 bits per heavy atom. The van der Waals surface area contributed by atoms with Crippen molar-refractivity contribution in [1.29, 1.82) is 0 Å². The number of carbonyl (C=O) groups excluding carboxylic acids is 2. The Hall–Kier alpha value is -2.21. The molecule has 0 aliphatic carbocycles. The summed E-state index contributed by atoms with van der Waals surface area (Å²) >= 11 is 3.15. The molecule has 0 aromatic heterocycles. The van der Waals surface area contributed by atoms with Gasteiger partial charge in [0.2, 0.25) is 0 Å². The fraction of sp³-hybridized carbons (Fsp3) is 0.176. The van der Waals surface area contributed by atoms with Gasteiger partial charge in [-0.25, -0.2) is 9.18 Å². The first-order chi connectivity index (χ1) is 10.9. The summed E-state index contributed by atoms with van der Waals surface area (Å²) in [5.74, 6) is -2.08. The van der Waals surface area contributed by atoms with Crippen LogP contribution in [0.1, 0.15) is 21.5 Å². The Bertz CT molecular complexity index is 761. The van der Waals surface area contributed by atoms with Gasteiger partial charge < -0.3 is 10.1 Å². The summed E-state index contributed by atoms with van der Waals surface area (Å²) in [6.45, 7) is 3.41. The minimum atomic E-state index is -0.890. The molecule has 0 bridgehead atoms. The molecule has 0 saturated carbocycles. The van der Waals surface area contributed by atoms with Crippen molar-refractivity contribution >= 4 is 33.5 Å². The third-order valence-corrected chi connectivity index (χ3v) is 3.77. The van der Waals surface area contributed by atoms with Crippen molar-refractivity contribution in [2.45, 2.75) is 13.8 Å². The van der Waals surface area contributed by atoms with Crippen LogP contribution in [-0.2, 0) is 9.53 Å². The third-order valence-electron chi connectivity index (χ3n) is 3.27. The molecule has 0 atom stereocenters. The third kappa shape index (κ3) is 4.63. The zero-order chi connectivity index (χ0) is 17.0. The molecule has 0 saturated heterocycles. The Labute approximate surface area is 141 Å². The number of esters is 1. The average Bonchev–Trinajstić information content (AvgIpc) is 2.51. The van der Waals surface area contributed by atoms with Crippen molar-refractivity contribution in [3.8, 4) is 0 Å². The molecule has 0 fully saturated rings. The minimum Gasteiger partial charge on any atom is -0.452 e. The molecule has 1 N–H and O–H groups in total. The van der Waals surface area contributed by atoms with Gasteiger partial charge in [-0.1, -0.05) is 22.0 Å². The number of rotatable bonds is 4. The first-order valence-corrected chi connectivity index (χ1v) is 7.65. The highest BCUT2D eigenvalue weighted by atomic mass is 79.9. The van der Waals surface area contributed by atoms with E-state index in [0.717, 1.165) is 17.2 Å². The Morgan fingerprint density at radius 2 is 1.87 bits per heavy atom. The van der Waals surface area contributed by atoms with Crippen LogP contribution in [0.5, 0.6) is 0 Å². The van der Waals surface area contributed by atoms with E-state index >= 15 is 0 Å². The number of aryl methyl sites for hydroxylation is 2. The van der Waals surface area contributed by atoms with E-state index in [9.17, 15) is 14.0 Å². The van der Waals surface area contributed by atoms with Crippen LogP contribution in [0.25, 0.3) is 0 Å². The van der Waals surface area contributed by atoms with Gasteiger partial charge in [-0.3, -0.25) is 4.79 Å². The van der Waals surface area contributed by atoms with Gasteiger partial charge in [0.05, 0.1) is 5.56 Å². The number of hydrogen-bond donors (Lipinski definition) is 1. The quantitative estimate of drug-likeness (QED) is 0.816. The minimum absolute atomic E-state index is 0.224. The maximum atomic E-state index is 13.6. The topological polar surface area (TPSA) is 55.4 Å². The molecule has 0 unspecified atom stereocenters. The maximum Gasteiger partial charge on any atom is 0.341 e. The van der Waals surface area contributed by atoms with Crippen LogP contribution in [0, 0.1) is 19.7 Å². The molecule has 0 spiro atoms. The molecule has 1 amide bonds. The summed E-state index contributed by atoms with van der Waals surface area (Å²) in [5, 5.41) is 2.62. The van der Waals surface area contributed by atoms with Crippen LogP contribution in [-0.4, -0.2) is 18.5 Å². The van der Waals surface area contributed by atoms with Crippen LogP contribution >= 0.6 is 15.9 Å². The van der Waals surface area contributed by atoms with Gasteiger partial charge in [0.1, 0.15) is 5.82 Å². The molecule has 6 heteroatoms. The smallest absolute Gasteiger partial charge is 0.341 e. The number of amides is 1. The molecule has 0 heterocycles. The van der Waals surface area contributed by atoms with E-state index in [0.29, 0.717) is 10.2 Å². The lowest BCUT2D eigenvalue weighted by Crippen LogP contribution is -2.21. The second-order valence-electron chi connectivity index (χ2n) is 5.05. The molecule has 0 aliphatic rings. The predicted molar refractivity (Wildman–Crippen MR) is 88.9 cm³/mol. The largest absolute Gasteiger partial charge is 0.452 e. The Morgan fingerprint density at radius 3 is 2.57 bits per heavy atom. The number of nitrogens with one attached hydrogen (secondary N) is 1. The van der Waals surface area contributed by atoms with E-state index in [1.165, 1.54) is 12.1 Å². The zero-order valence-corrected chi connectivity index (χ0v) is 14.2. The van der Waals surface area contributed by atoms with Crippen molar-refractivity contribution in [1.82, 2.24) is 0 Å². The van der Waals surface area contributed by atoms with Crippen molar-refractivity contribution < 1.29 is 18.7 Å². The van der Waals surface area contributed by atoms with Gasteiger partial charge in [0.25, 0.3) is 5.91 Å². The second kappa shape index (κ2) is 7.37. The van der Waals surface area contributed by atoms with E-state index in [1.54, 1.807) is 6.07 Å². The monoisotopic (exact) mass is 379 g/mol. The second-order valence-corrected chi connectivity index (χ2v) is 5.96. The molecule has 2 aromatic carbocycles. The normalized spacial score (nSPS) is 10.3. The van der Waals surface area contributed by atoms with Gasteiger partial charge in [0.15, 0.2) is 6.61 Å². The molecule has 120 valence electrons. The predicted octanol–water partition coefficient (Wildman–Crippen LogP) is 4.00. The molecule has 0 aliphatic heterocycles. The van der Waals surface area contributed by atoms with E-state index in [1.807, 2.05) is 26.0 Å². The average molecular weight is 380 g/mol. The van der Waals surface area contributed by atoms with Gasteiger partial charge in [-0.2, -0.15) is 0 Å². The molecule has 23 heavy (non-hydrogen) atoms. The van der Waals surface area contributed by atoms with Crippen molar-refractivity contribution in [3.05, 3.63) is 63.4 Å². The molecule has 4 nitrogen and oxygen atoms in total. The highest BCUT2D eigenvalue weighted by Gasteiger charge is 2.15. The summed E-state index contributed by atoms with van der Waals surface area (Å²) < 4.78 is 18.9. The van der Waals surface area contributed by atoms with Crippen LogP contribution in [0.4, 0.5) is 10.1 Å². The van der Waals surface area contributed by atoms with Crippen molar-refractivity contribution in [3.63, 3.8) is 0 Å². The van der Waals surface area contributed by atoms with Gasteiger partial charge in [-0.15, -0.1) is 0 Å². The van der Waals surface area contributed by atoms with Crippen molar-refractivity contribution in [2.24, 2.45) is 0 Å². The van der Waals surface area contributed by atoms with E-state index in [-0.39, 0.29) is 5.56 Å². The fourth-order valence-corrected chi connectivity index (χ4v) is 2.24. The summed E-state index contributed by atoms with van der Waals surface area (Å²) in [7, 11) is 0. The van der Waals surface area contributed by atoms with Crippen molar-refractivity contribution in [2.75, 3.05) is 11.9 Å². The summed E-state index contributed by atoms with van der Waals surface area (Å²) in [4.78, 5) is 23.6. The first-order valence-electron chi connectivity index (χ1n) is 6.86. The number of halogens is 2. The lowest BCUT2D eigenvalue weighted by atomic mass is 10.1. The lowest BCUT2D eigenvalue weighted by molar-refractivity contribution is -0.119. The van der Waals surface area contributed by atoms with Gasteiger partial charge >= 0.3 is 5.97 Å². The summed E-state index contributed by atoms with van der Waals surface area (Å²) in [5.41, 5.74) is 2.54. The molecule has 2 aromatic rings. The SMILES string of the molecule is Cc1ccc(NC(=O)COC(=O)c2cc(Br)ccc2F)cc1C. The van der Waals surface area contributed by atoms with E-state index in [4.69, 9.17) is 4.74 Å². The standard InChI is InChI=1S/C17H15BrFNO3/c1-10-3-5-13(7-11(10)2)20-16(21)9-23-17(22)14-8-12(18)4-6-15(14)19/h3-8H,9H2,1-2H3,(H,20,21). The molecule has 0 radical (unpaired) electrons. The molecule has 2 rings (SSSR count). The summed E-state index contributed by atoms with van der Waals surface area (Å²) in [6, 6.07) is 9.39. The van der Waals surface area contributed by atoms with Crippen LogP contribution in [0.15, 0.2) is 40.9 Å². The van der Waals surface area contributed by atoms with Gasteiger partial charge in [0, 0.05) is 10.2 Å². The number of benzene rings is 2. The number of hydrogen-bond acceptors (Lipinski definition) is 3. The first kappa shape index (κ1) is 17.1. The van der Waals surface area contributed by atoms with Crippen LogP contribution in [0.3, 0.4) is 0 Å². The fourth-order valence-electron chi connectivity index (χ4n) is 1.88. The van der Waals surface area contributed by atoms with Crippen LogP contribution < -0.4 is 5.32 Å². The zero-order valence-electron chi connectivity index (χ0n) is 12.7. The Balaban J connectivity index is 1.94. The van der Waals surface area contributed by atoms with Crippen LogP contribution in [0.2, 0.25) is 0 Å². The van der Waals surface area contributed by atoms with E-state index in [2.05, 4.69) is 21.2 Å². The molecular weight excluding hydrogens is 365 g/mol. The number of ether oxygens (including phenoxy) is 1. The van der Waals surface area contributed by atoms with Gasteiger partial charge in [-0.05, 0) is 55.3 Å². The maximum absolute atomic E-state index is 13.6. The lowest BCUT2D eigenvalue weighted by Gasteiger charge is -2.09.